The van der Waals surface area contributed by atoms with E-state index in [1.165, 1.54) is 72.8 Å². The highest BCUT2D eigenvalue weighted by Gasteiger charge is 2.05. The Balaban J connectivity index is 1.79. The van der Waals surface area contributed by atoms with Crippen LogP contribution in [0.5, 0.6) is 0 Å². The van der Waals surface area contributed by atoms with Crippen molar-refractivity contribution in [2.45, 2.75) is 51.9 Å². The van der Waals surface area contributed by atoms with Crippen LogP contribution in [0.15, 0.2) is 78.9 Å². The summed E-state index contributed by atoms with van der Waals surface area (Å²) < 4.78 is 0. The molecule has 0 bridgehead atoms. The summed E-state index contributed by atoms with van der Waals surface area (Å²) in [7, 11) is 0. The highest BCUT2D eigenvalue weighted by atomic mass is 14.1. The highest BCUT2D eigenvalue weighted by molar-refractivity contribution is 5.74. The first kappa shape index (κ1) is 18.5. The maximum atomic E-state index is 2.38. The Labute approximate surface area is 158 Å². The molecular formula is C26H30. The van der Waals surface area contributed by atoms with Crippen LogP contribution in [0.2, 0.25) is 0 Å². The molecule has 0 aliphatic carbocycles. The molecule has 0 nitrogen and oxygen atoms in total. The van der Waals surface area contributed by atoms with E-state index in [-0.39, 0.29) is 0 Å². The van der Waals surface area contributed by atoms with E-state index >= 15 is 0 Å². The van der Waals surface area contributed by atoms with Gasteiger partial charge in [0.15, 0.2) is 0 Å². The first-order valence-corrected chi connectivity index (χ1v) is 10.1. The minimum Gasteiger partial charge on any atom is -0.0654 e. The molecule has 26 heavy (non-hydrogen) atoms. The minimum absolute atomic E-state index is 1.17. The van der Waals surface area contributed by atoms with Crippen molar-refractivity contribution in [1.82, 2.24) is 0 Å². The Hall–Kier alpha value is -2.34. The minimum atomic E-state index is 1.17. The van der Waals surface area contributed by atoms with Gasteiger partial charge in [-0.15, -0.1) is 0 Å². The zero-order valence-corrected chi connectivity index (χ0v) is 16.0. The molecule has 0 radical (unpaired) electrons. The highest BCUT2D eigenvalue weighted by Crippen LogP contribution is 2.29. The van der Waals surface area contributed by atoms with Crippen LogP contribution in [0.3, 0.4) is 0 Å². The van der Waals surface area contributed by atoms with E-state index in [0.717, 1.165) is 0 Å². The lowest BCUT2D eigenvalue weighted by Crippen LogP contribution is -1.90. The van der Waals surface area contributed by atoms with Crippen LogP contribution in [0.25, 0.3) is 22.3 Å². The summed E-state index contributed by atoms with van der Waals surface area (Å²) in [5, 5.41) is 0. The topological polar surface area (TPSA) is 0 Å². The van der Waals surface area contributed by atoms with Gasteiger partial charge in [0.25, 0.3) is 0 Å². The second-order valence-corrected chi connectivity index (χ2v) is 7.17. The van der Waals surface area contributed by atoms with Gasteiger partial charge in [0.1, 0.15) is 0 Å². The lowest BCUT2D eigenvalue weighted by Gasteiger charge is -2.11. The fourth-order valence-corrected chi connectivity index (χ4v) is 3.54. The van der Waals surface area contributed by atoms with Crippen molar-refractivity contribution in [2.75, 3.05) is 0 Å². The number of hydrogen-bond acceptors (Lipinski definition) is 0. The number of hydrogen-bond donors (Lipinski definition) is 0. The van der Waals surface area contributed by atoms with Gasteiger partial charge in [0, 0.05) is 0 Å². The Morgan fingerprint density at radius 1 is 0.500 bits per heavy atom. The summed E-state index contributed by atoms with van der Waals surface area (Å²) in [5.74, 6) is 0. The zero-order chi connectivity index (χ0) is 18.0. The first-order valence-electron chi connectivity index (χ1n) is 10.1. The fourth-order valence-electron chi connectivity index (χ4n) is 3.54. The number of rotatable bonds is 9. The van der Waals surface area contributed by atoms with Crippen LogP contribution in [0.4, 0.5) is 0 Å². The summed E-state index contributed by atoms with van der Waals surface area (Å²) in [6, 6.07) is 28.6. The van der Waals surface area contributed by atoms with Gasteiger partial charge >= 0.3 is 0 Å². The van der Waals surface area contributed by atoms with Crippen LogP contribution in [-0.2, 0) is 6.42 Å². The third kappa shape index (κ3) is 5.33. The summed E-state index contributed by atoms with van der Waals surface area (Å²) in [6.45, 7) is 2.28. The van der Waals surface area contributed by atoms with Gasteiger partial charge in [0.05, 0.1) is 0 Å². The Morgan fingerprint density at radius 3 is 1.54 bits per heavy atom. The molecule has 0 N–H and O–H groups in total. The SMILES string of the molecule is CCCCCCCCc1cc(-c2ccccc2)cc(-c2ccccc2)c1. The van der Waals surface area contributed by atoms with Crippen LogP contribution < -0.4 is 0 Å². The molecule has 3 aromatic carbocycles. The molecule has 3 rings (SSSR count). The predicted molar refractivity (Wildman–Crippen MR) is 114 cm³/mol. The first-order chi connectivity index (χ1) is 12.9. The number of aryl methyl sites for hydroxylation is 1. The monoisotopic (exact) mass is 342 g/mol. The van der Waals surface area contributed by atoms with Crippen molar-refractivity contribution in [1.29, 1.82) is 0 Å². The van der Waals surface area contributed by atoms with Gasteiger partial charge in [-0.2, -0.15) is 0 Å². The van der Waals surface area contributed by atoms with Gasteiger partial charge in [0.2, 0.25) is 0 Å². The third-order valence-electron chi connectivity index (χ3n) is 5.03. The molecule has 0 unspecified atom stereocenters. The van der Waals surface area contributed by atoms with E-state index in [2.05, 4.69) is 85.8 Å². The summed E-state index contributed by atoms with van der Waals surface area (Å²) >= 11 is 0. The van der Waals surface area contributed by atoms with E-state index in [0.29, 0.717) is 0 Å². The van der Waals surface area contributed by atoms with Crippen LogP contribution in [0, 0.1) is 0 Å². The number of benzene rings is 3. The molecule has 0 saturated carbocycles. The van der Waals surface area contributed by atoms with E-state index < -0.39 is 0 Å². The largest absolute Gasteiger partial charge is 0.0654 e. The van der Waals surface area contributed by atoms with Crippen molar-refractivity contribution in [3.8, 4) is 22.3 Å². The van der Waals surface area contributed by atoms with Crippen LogP contribution >= 0.6 is 0 Å². The summed E-state index contributed by atoms with van der Waals surface area (Å²) in [4.78, 5) is 0. The van der Waals surface area contributed by atoms with Crippen molar-refractivity contribution in [2.24, 2.45) is 0 Å². The second kappa shape index (κ2) is 9.97. The van der Waals surface area contributed by atoms with Crippen molar-refractivity contribution >= 4 is 0 Å². The van der Waals surface area contributed by atoms with Gasteiger partial charge in [-0.1, -0.05) is 112 Å². The lowest BCUT2D eigenvalue weighted by atomic mass is 9.94. The Kier molecular flexibility index (Phi) is 7.07. The molecule has 0 heterocycles. The molecule has 3 aromatic rings. The fraction of sp³-hybridized carbons (Fsp3) is 0.308. The van der Waals surface area contributed by atoms with E-state index in [4.69, 9.17) is 0 Å². The number of unbranched alkanes of at least 4 members (excludes halogenated alkanes) is 5. The maximum Gasteiger partial charge on any atom is -0.0175 e. The van der Waals surface area contributed by atoms with Gasteiger partial charge in [-0.05, 0) is 46.7 Å². The third-order valence-corrected chi connectivity index (χ3v) is 5.03. The normalized spacial score (nSPS) is 10.8. The van der Waals surface area contributed by atoms with Gasteiger partial charge in [-0.3, -0.25) is 0 Å². The molecule has 0 heteroatoms. The molecule has 0 atom stereocenters. The molecule has 0 aliphatic rings. The molecule has 0 saturated heterocycles. The quantitative estimate of drug-likeness (QED) is 0.346. The average molecular weight is 343 g/mol. The standard InChI is InChI=1S/C26H30/c1-2-3-4-5-6-9-14-22-19-25(23-15-10-7-11-16-23)21-26(20-22)24-17-12-8-13-18-24/h7-8,10-13,15-21H,2-6,9,14H2,1H3. The van der Waals surface area contributed by atoms with Crippen LogP contribution in [0.1, 0.15) is 51.0 Å². The maximum absolute atomic E-state index is 2.38. The van der Waals surface area contributed by atoms with E-state index in [1.54, 1.807) is 0 Å². The Morgan fingerprint density at radius 2 is 1.00 bits per heavy atom. The second-order valence-electron chi connectivity index (χ2n) is 7.17. The van der Waals surface area contributed by atoms with Gasteiger partial charge < -0.3 is 0 Å². The molecule has 0 aromatic heterocycles. The van der Waals surface area contributed by atoms with Crippen molar-refractivity contribution in [3.63, 3.8) is 0 Å². The smallest absolute Gasteiger partial charge is 0.0175 e. The molecule has 0 fully saturated rings. The van der Waals surface area contributed by atoms with Crippen molar-refractivity contribution < 1.29 is 0 Å². The average Bonchev–Trinajstić information content (AvgIpc) is 2.72. The summed E-state index contributed by atoms with van der Waals surface area (Å²) in [6.07, 6.45) is 9.26. The lowest BCUT2D eigenvalue weighted by molar-refractivity contribution is 0.607. The molecule has 134 valence electrons. The Bertz CT molecular complexity index is 714. The summed E-state index contributed by atoms with van der Waals surface area (Å²) in [5.41, 5.74) is 6.71. The molecule has 0 aliphatic heterocycles. The van der Waals surface area contributed by atoms with Gasteiger partial charge in [-0.25, -0.2) is 0 Å². The molecule has 0 amide bonds. The van der Waals surface area contributed by atoms with E-state index in [9.17, 15) is 0 Å². The predicted octanol–water partition coefficient (Wildman–Crippen LogP) is 7.92. The van der Waals surface area contributed by atoms with E-state index in [1.807, 2.05) is 0 Å². The van der Waals surface area contributed by atoms with Crippen molar-refractivity contribution in [3.05, 3.63) is 84.4 Å². The molecule has 0 spiro atoms. The van der Waals surface area contributed by atoms with Crippen LogP contribution in [-0.4, -0.2) is 0 Å². The molecular weight excluding hydrogens is 312 g/mol. The zero-order valence-electron chi connectivity index (χ0n) is 16.0.